The fourth-order valence-electron chi connectivity index (χ4n) is 4.41. The largest absolute Gasteiger partial charge is 0.472 e. The van der Waals surface area contributed by atoms with Crippen LogP contribution in [-0.2, 0) is 23.1 Å². The van der Waals surface area contributed by atoms with E-state index in [9.17, 15) is 19.4 Å². The van der Waals surface area contributed by atoms with E-state index in [1.807, 2.05) is 21.1 Å². The number of allylic oxidation sites excluding steroid dienone is 2. The molecule has 0 heterocycles. The first-order valence-corrected chi connectivity index (χ1v) is 18.0. The van der Waals surface area contributed by atoms with E-state index in [1.54, 1.807) is 0 Å². The molecule has 0 aromatic carbocycles. The molecule has 0 radical (unpaired) electrons. The second-order valence-electron chi connectivity index (χ2n) is 12.4. The molecule has 2 N–H and O–H groups in total. The average molecular weight is 607 g/mol. The summed E-state index contributed by atoms with van der Waals surface area (Å²) in [5.41, 5.74) is 0. The molecule has 0 aromatic rings. The number of ether oxygens (including phenoxy) is 1. The lowest BCUT2D eigenvalue weighted by Crippen LogP contribution is -2.37. The molecule has 0 saturated heterocycles. The standard InChI is InChI=1S/C32H64NO7P/c1-5-6-7-8-9-10-11-12-13-14-15-16-17-18-19-20-21-22-23-24-25-26-32(35)40-31(29-34)30-39-41(36,37)38-28-27-33(2,3)4/h12-13,31,34H,5-11,14-30H2,1-4H3/p+1/b13-12-/t31-/m0/s1. The van der Waals surface area contributed by atoms with Crippen LogP contribution in [0, 0.1) is 0 Å². The number of unbranched alkanes of at least 4 members (excludes halogenated alkanes) is 17. The average Bonchev–Trinajstić information content (AvgIpc) is 2.91. The molecule has 41 heavy (non-hydrogen) atoms. The normalized spacial score (nSPS) is 14.4. The van der Waals surface area contributed by atoms with Crippen molar-refractivity contribution >= 4 is 13.8 Å². The lowest BCUT2D eigenvalue weighted by Gasteiger charge is -2.24. The van der Waals surface area contributed by atoms with Crippen LogP contribution in [0.5, 0.6) is 0 Å². The summed E-state index contributed by atoms with van der Waals surface area (Å²) in [4.78, 5) is 21.8. The van der Waals surface area contributed by atoms with Gasteiger partial charge in [-0.2, -0.15) is 0 Å². The molecule has 0 saturated carbocycles. The minimum atomic E-state index is -4.26. The molecule has 8 nitrogen and oxygen atoms in total. The van der Waals surface area contributed by atoms with E-state index in [2.05, 4.69) is 19.1 Å². The maximum atomic E-state index is 12.1. The van der Waals surface area contributed by atoms with Gasteiger partial charge in [0.2, 0.25) is 0 Å². The monoisotopic (exact) mass is 606 g/mol. The van der Waals surface area contributed by atoms with E-state index >= 15 is 0 Å². The third-order valence-electron chi connectivity index (χ3n) is 7.08. The topological polar surface area (TPSA) is 102 Å². The Kier molecular flexibility index (Phi) is 26.3. The van der Waals surface area contributed by atoms with Gasteiger partial charge in [0.1, 0.15) is 19.3 Å². The Bertz CT molecular complexity index is 681. The summed E-state index contributed by atoms with van der Waals surface area (Å²) in [7, 11) is 1.55. The van der Waals surface area contributed by atoms with Crippen LogP contribution < -0.4 is 0 Å². The van der Waals surface area contributed by atoms with Crippen LogP contribution in [0.4, 0.5) is 0 Å². The van der Waals surface area contributed by atoms with Gasteiger partial charge in [0.15, 0.2) is 0 Å². The van der Waals surface area contributed by atoms with E-state index in [-0.39, 0.29) is 13.0 Å². The van der Waals surface area contributed by atoms with Crippen LogP contribution in [0.25, 0.3) is 0 Å². The Hall–Kier alpha value is -0.760. The third-order valence-corrected chi connectivity index (χ3v) is 8.07. The summed E-state index contributed by atoms with van der Waals surface area (Å²) in [6.45, 7) is 1.98. The van der Waals surface area contributed by atoms with Gasteiger partial charge < -0.3 is 19.2 Å². The molecular weight excluding hydrogens is 541 g/mol. The summed E-state index contributed by atoms with van der Waals surface area (Å²) < 4.78 is 27.5. The van der Waals surface area contributed by atoms with E-state index in [0.29, 0.717) is 11.0 Å². The Balaban J connectivity index is 3.57. The zero-order chi connectivity index (χ0) is 30.7. The Labute approximate surface area is 252 Å². The molecule has 9 heteroatoms. The van der Waals surface area contributed by atoms with E-state index in [1.165, 1.54) is 103 Å². The molecule has 1 unspecified atom stereocenters. The maximum absolute atomic E-state index is 12.1. The summed E-state index contributed by atoms with van der Waals surface area (Å²) in [5, 5.41) is 9.43. The Morgan fingerprint density at radius 2 is 1.22 bits per heavy atom. The predicted molar refractivity (Wildman–Crippen MR) is 169 cm³/mol. The summed E-state index contributed by atoms with van der Waals surface area (Å²) in [6, 6.07) is 0. The van der Waals surface area contributed by atoms with Gasteiger partial charge in [-0.15, -0.1) is 0 Å². The van der Waals surface area contributed by atoms with E-state index < -0.39 is 33.1 Å². The van der Waals surface area contributed by atoms with E-state index in [0.717, 1.165) is 19.3 Å². The van der Waals surface area contributed by atoms with E-state index in [4.69, 9.17) is 13.8 Å². The third kappa shape index (κ3) is 30.5. The van der Waals surface area contributed by atoms with Gasteiger partial charge in [0, 0.05) is 6.42 Å². The second-order valence-corrected chi connectivity index (χ2v) is 13.8. The highest BCUT2D eigenvalue weighted by atomic mass is 31.2. The first-order chi connectivity index (χ1) is 19.6. The summed E-state index contributed by atoms with van der Waals surface area (Å²) in [5.74, 6) is -0.431. The fourth-order valence-corrected chi connectivity index (χ4v) is 5.16. The molecule has 0 rings (SSSR count). The number of rotatable bonds is 30. The number of phosphoric acid groups is 1. The van der Waals surface area contributed by atoms with Gasteiger partial charge in [0.05, 0.1) is 34.4 Å². The molecule has 0 fully saturated rings. The number of quaternary nitrogens is 1. The highest BCUT2D eigenvalue weighted by Gasteiger charge is 2.25. The summed E-state index contributed by atoms with van der Waals surface area (Å²) >= 11 is 0. The lowest BCUT2D eigenvalue weighted by atomic mass is 10.0. The zero-order valence-corrected chi connectivity index (χ0v) is 27.9. The van der Waals surface area contributed by atoms with Crippen LogP contribution in [0.1, 0.15) is 135 Å². The summed E-state index contributed by atoms with van der Waals surface area (Å²) in [6.07, 6.45) is 27.9. The number of esters is 1. The fraction of sp³-hybridized carbons (Fsp3) is 0.906. The van der Waals surface area contributed by atoms with Crippen molar-refractivity contribution in [2.75, 3.05) is 47.5 Å². The van der Waals surface area contributed by atoms with Crippen LogP contribution in [0.3, 0.4) is 0 Å². The quantitative estimate of drug-likeness (QED) is 0.0280. The van der Waals surface area contributed by atoms with Gasteiger partial charge in [-0.3, -0.25) is 13.8 Å². The SMILES string of the molecule is CCCCCCCC/C=C\CCCCCCCCCCCCCC(=O)O[C@@H](CO)COP(=O)(O)OCC[N+](C)(C)C. The number of likely N-dealkylation sites (N-methyl/N-ethyl adjacent to an activating group) is 1. The molecule has 0 aliphatic rings. The van der Waals surface area contributed by atoms with Crippen LogP contribution in [0.2, 0.25) is 0 Å². The van der Waals surface area contributed by atoms with Gasteiger partial charge in [0.25, 0.3) is 0 Å². The van der Waals surface area contributed by atoms with Crippen LogP contribution in [0.15, 0.2) is 12.2 Å². The number of hydrogen-bond acceptors (Lipinski definition) is 6. The minimum absolute atomic E-state index is 0.0539. The lowest BCUT2D eigenvalue weighted by molar-refractivity contribution is -0.870. The van der Waals surface area contributed by atoms with Gasteiger partial charge in [-0.25, -0.2) is 4.57 Å². The first-order valence-electron chi connectivity index (χ1n) is 16.5. The van der Waals surface area contributed by atoms with Crippen molar-refractivity contribution in [3.05, 3.63) is 12.2 Å². The highest BCUT2D eigenvalue weighted by molar-refractivity contribution is 7.47. The van der Waals surface area contributed by atoms with Gasteiger partial charge in [-0.05, 0) is 32.1 Å². The molecule has 0 aliphatic heterocycles. The van der Waals surface area contributed by atoms with Crippen molar-refractivity contribution in [3.63, 3.8) is 0 Å². The molecule has 0 aromatic heterocycles. The van der Waals surface area contributed by atoms with Crippen molar-refractivity contribution in [1.29, 1.82) is 0 Å². The Morgan fingerprint density at radius 1 is 0.756 bits per heavy atom. The number of carbonyl (C=O) groups is 1. The van der Waals surface area contributed by atoms with Gasteiger partial charge >= 0.3 is 13.8 Å². The number of phosphoric ester groups is 1. The van der Waals surface area contributed by atoms with Crippen LogP contribution >= 0.6 is 7.82 Å². The van der Waals surface area contributed by atoms with Crippen molar-refractivity contribution in [1.82, 2.24) is 0 Å². The number of aliphatic hydroxyl groups is 1. The molecule has 0 amide bonds. The van der Waals surface area contributed by atoms with Crippen LogP contribution in [-0.4, -0.2) is 74.1 Å². The molecule has 0 aliphatic carbocycles. The smallest absolute Gasteiger partial charge is 0.457 e. The number of hydrogen-bond donors (Lipinski definition) is 2. The molecular formula is C32H65NO7P+. The van der Waals surface area contributed by atoms with Crippen molar-refractivity contribution in [2.24, 2.45) is 0 Å². The zero-order valence-electron chi connectivity index (χ0n) is 27.0. The minimum Gasteiger partial charge on any atom is -0.457 e. The van der Waals surface area contributed by atoms with Crippen molar-refractivity contribution in [3.8, 4) is 0 Å². The first kappa shape index (κ1) is 40.2. The molecule has 0 spiro atoms. The highest BCUT2D eigenvalue weighted by Crippen LogP contribution is 2.43. The number of carbonyl (C=O) groups excluding carboxylic acids is 1. The number of aliphatic hydroxyl groups excluding tert-OH is 1. The molecule has 244 valence electrons. The van der Waals surface area contributed by atoms with Crippen molar-refractivity contribution in [2.45, 2.75) is 141 Å². The van der Waals surface area contributed by atoms with Crippen molar-refractivity contribution < 1.29 is 37.6 Å². The maximum Gasteiger partial charge on any atom is 0.472 e. The van der Waals surface area contributed by atoms with Gasteiger partial charge in [-0.1, -0.05) is 109 Å². The Morgan fingerprint density at radius 3 is 1.68 bits per heavy atom. The number of nitrogens with zero attached hydrogens (tertiary/aromatic N) is 1. The predicted octanol–water partition coefficient (Wildman–Crippen LogP) is 8.11. The molecule has 0 bridgehead atoms. The second kappa shape index (κ2) is 26.8. The molecule has 2 atom stereocenters.